The Morgan fingerprint density at radius 2 is 1.67 bits per heavy atom. The molecule has 110 valence electrons. The first-order chi connectivity index (χ1) is 8.65. The third-order valence-corrected chi connectivity index (χ3v) is 3.93. The smallest absolute Gasteiger partial charge is 0.0589 e. The van der Waals surface area contributed by atoms with Crippen LogP contribution in [0.3, 0.4) is 0 Å². The van der Waals surface area contributed by atoms with Gasteiger partial charge in [0.2, 0.25) is 0 Å². The van der Waals surface area contributed by atoms with Gasteiger partial charge in [-0.15, -0.1) is 0 Å². The number of hydrogen-bond donors (Lipinski definition) is 1. The first-order valence-corrected chi connectivity index (χ1v) is 7.66. The Bertz CT molecular complexity index is 183. The zero-order valence-corrected chi connectivity index (χ0v) is 13.1. The summed E-state index contributed by atoms with van der Waals surface area (Å²) in [5.74, 6) is 0. The maximum atomic E-state index is 6.38. The minimum absolute atomic E-state index is 0.289. The highest BCUT2D eigenvalue weighted by Crippen LogP contribution is 2.18. The normalized spacial score (nSPS) is 15.3. The summed E-state index contributed by atoms with van der Waals surface area (Å²) in [4.78, 5) is 2.59. The zero-order chi connectivity index (χ0) is 14.0. The highest BCUT2D eigenvalue weighted by atomic mass is 16.5. The molecule has 0 bridgehead atoms. The standard InChI is InChI=1S/C15H34N2O/c1-6-10-14(16)15(9-4)17(11-12-18-5)13(7-2)8-3/h13-15H,6-12,16H2,1-5H3. The van der Waals surface area contributed by atoms with Crippen molar-refractivity contribution in [3.8, 4) is 0 Å². The minimum Gasteiger partial charge on any atom is -0.383 e. The third kappa shape index (κ3) is 5.68. The second-order valence-electron chi connectivity index (χ2n) is 5.13. The van der Waals surface area contributed by atoms with Crippen LogP contribution in [0.15, 0.2) is 0 Å². The lowest BCUT2D eigenvalue weighted by molar-refractivity contribution is 0.0650. The SMILES string of the molecule is CCCC(N)C(CC)N(CCOC)C(CC)CC. The van der Waals surface area contributed by atoms with E-state index in [1.807, 2.05) is 0 Å². The molecule has 3 heteroatoms. The van der Waals surface area contributed by atoms with Gasteiger partial charge >= 0.3 is 0 Å². The Kier molecular flexibility index (Phi) is 10.7. The fourth-order valence-electron chi connectivity index (χ4n) is 2.88. The van der Waals surface area contributed by atoms with E-state index in [9.17, 15) is 0 Å². The molecule has 2 unspecified atom stereocenters. The summed E-state index contributed by atoms with van der Waals surface area (Å²) >= 11 is 0. The van der Waals surface area contributed by atoms with Gasteiger partial charge in [-0.1, -0.05) is 34.1 Å². The Balaban J connectivity index is 4.74. The van der Waals surface area contributed by atoms with Crippen LogP contribution in [0.2, 0.25) is 0 Å². The lowest BCUT2D eigenvalue weighted by atomic mass is 9.97. The van der Waals surface area contributed by atoms with E-state index in [1.165, 1.54) is 19.3 Å². The topological polar surface area (TPSA) is 38.5 Å². The van der Waals surface area contributed by atoms with Crippen molar-refractivity contribution in [3.05, 3.63) is 0 Å². The summed E-state index contributed by atoms with van der Waals surface area (Å²) in [6.07, 6.45) is 5.79. The van der Waals surface area contributed by atoms with Gasteiger partial charge in [-0.2, -0.15) is 0 Å². The highest BCUT2D eigenvalue weighted by molar-refractivity contribution is 4.84. The summed E-state index contributed by atoms with van der Waals surface area (Å²) in [6, 6.07) is 1.41. The van der Waals surface area contributed by atoms with E-state index in [4.69, 9.17) is 10.5 Å². The van der Waals surface area contributed by atoms with Gasteiger partial charge in [0.05, 0.1) is 6.61 Å². The first-order valence-electron chi connectivity index (χ1n) is 7.66. The molecule has 0 rings (SSSR count). The Labute approximate surface area is 114 Å². The van der Waals surface area contributed by atoms with Gasteiger partial charge in [-0.3, -0.25) is 4.90 Å². The summed E-state index contributed by atoms with van der Waals surface area (Å²) < 4.78 is 5.26. The van der Waals surface area contributed by atoms with Crippen molar-refractivity contribution in [1.29, 1.82) is 0 Å². The molecule has 0 heterocycles. The van der Waals surface area contributed by atoms with Crippen LogP contribution in [0, 0.1) is 0 Å². The Morgan fingerprint density at radius 1 is 1.06 bits per heavy atom. The van der Waals surface area contributed by atoms with Crippen LogP contribution < -0.4 is 5.73 Å². The van der Waals surface area contributed by atoms with Crippen LogP contribution in [0.4, 0.5) is 0 Å². The van der Waals surface area contributed by atoms with Gasteiger partial charge in [0, 0.05) is 31.8 Å². The molecule has 0 fully saturated rings. The van der Waals surface area contributed by atoms with Crippen LogP contribution in [0.1, 0.15) is 59.8 Å². The average molecular weight is 258 g/mol. The predicted molar refractivity (Wildman–Crippen MR) is 79.9 cm³/mol. The fraction of sp³-hybridized carbons (Fsp3) is 1.00. The molecule has 0 aromatic rings. The average Bonchev–Trinajstić information content (AvgIpc) is 2.37. The number of nitrogens with two attached hydrogens (primary N) is 1. The van der Waals surface area contributed by atoms with Gasteiger partial charge in [0.15, 0.2) is 0 Å². The number of ether oxygens (including phenoxy) is 1. The molecule has 3 nitrogen and oxygen atoms in total. The predicted octanol–water partition coefficient (Wildman–Crippen LogP) is 3.03. The lowest BCUT2D eigenvalue weighted by Crippen LogP contribution is -2.52. The van der Waals surface area contributed by atoms with Crippen LogP contribution in [-0.4, -0.2) is 43.3 Å². The van der Waals surface area contributed by atoms with Crippen molar-refractivity contribution in [1.82, 2.24) is 4.90 Å². The Morgan fingerprint density at radius 3 is 2.06 bits per heavy atom. The van der Waals surface area contributed by atoms with E-state index in [2.05, 4.69) is 32.6 Å². The van der Waals surface area contributed by atoms with Crippen LogP contribution in [0.5, 0.6) is 0 Å². The lowest BCUT2D eigenvalue weighted by Gasteiger charge is -2.40. The largest absolute Gasteiger partial charge is 0.383 e. The zero-order valence-electron chi connectivity index (χ0n) is 13.1. The molecule has 0 radical (unpaired) electrons. The van der Waals surface area contributed by atoms with Crippen LogP contribution in [-0.2, 0) is 4.74 Å². The summed E-state index contributed by atoms with van der Waals surface area (Å²) in [7, 11) is 1.78. The molecular formula is C15H34N2O. The summed E-state index contributed by atoms with van der Waals surface area (Å²) in [6.45, 7) is 10.8. The molecule has 0 aliphatic carbocycles. The van der Waals surface area contributed by atoms with Crippen molar-refractivity contribution in [2.45, 2.75) is 77.9 Å². The molecule has 18 heavy (non-hydrogen) atoms. The van der Waals surface area contributed by atoms with Crippen molar-refractivity contribution in [2.75, 3.05) is 20.3 Å². The number of nitrogens with zero attached hydrogens (tertiary/aromatic N) is 1. The van der Waals surface area contributed by atoms with Crippen molar-refractivity contribution >= 4 is 0 Å². The van der Waals surface area contributed by atoms with E-state index >= 15 is 0 Å². The molecule has 2 atom stereocenters. The quantitative estimate of drug-likeness (QED) is 0.619. The third-order valence-electron chi connectivity index (χ3n) is 3.93. The molecule has 0 aromatic carbocycles. The van der Waals surface area contributed by atoms with Gasteiger partial charge < -0.3 is 10.5 Å². The van der Waals surface area contributed by atoms with E-state index in [0.717, 1.165) is 26.0 Å². The number of rotatable bonds is 11. The van der Waals surface area contributed by atoms with Crippen molar-refractivity contribution in [2.24, 2.45) is 5.73 Å². The van der Waals surface area contributed by atoms with Crippen molar-refractivity contribution < 1.29 is 4.74 Å². The second kappa shape index (κ2) is 10.8. The molecule has 0 aliphatic rings. The van der Waals surface area contributed by atoms with E-state index in [0.29, 0.717) is 12.1 Å². The monoisotopic (exact) mass is 258 g/mol. The van der Waals surface area contributed by atoms with Gasteiger partial charge in [-0.25, -0.2) is 0 Å². The van der Waals surface area contributed by atoms with E-state index in [1.54, 1.807) is 7.11 Å². The Hall–Kier alpha value is -0.120. The highest BCUT2D eigenvalue weighted by Gasteiger charge is 2.27. The van der Waals surface area contributed by atoms with Crippen molar-refractivity contribution in [3.63, 3.8) is 0 Å². The van der Waals surface area contributed by atoms with Crippen LogP contribution in [0.25, 0.3) is 0 Å². The van der Waals surface area contributed by atoms with Gasteiger partial charge in [-0.05, 0) is 25.7 Å². The second-order valence-corrected chi connectivity index (χ2v) is 5.13. The number of methoxy groups -OCH3 is 1. The maximum absolute atomic E-state index is 6.38. The van der Waals surface area contributed by atoms with Crippen LogP contribution >= 0.6 is 0 Å². The molecule has 0 saturated heterocycles. The first kappa shape index (κ1) is 17.9. The fourth-order valence-corrected chi connectivity index (χ4v) is 2.88. The molecule has 2 N–H and O–H groups in total. The molecule has 0 amide bonds. The van der Waals surface area contributed by atoms with E-state index < -0.39 is 0 Å². The molecule has 0 aliphatic heterocycles. The molecule has 0 aromatic heterocycles. The minimum atomic E-state index is 0.289. The summed E-state index contributed by atoms with van der Waals surface area (Å²) in [5, 5.41) is 0. The van der Waals surface area contributed by atoms with Gasteiger partial charge in [0.25, 0.3) is 0 Å². The molecule has 0 saturated carbocycles. The molecular weight excluding hydrogens is 224 g/mol. The summed E-state index contributed by atoms with van der Waals surface area (Å²) in [5.41, 5.74) is 6.38. The van der Waals surface area contributed by atoms with Gasteiger partial charge in [0.1, 0.15) is 0 Å². The maximum Gasteiger partial charge on any atom is 0.0589 e. The number of hydrogen-bond acceptors (Lipinski definition) is 3. The van der Waals surface area contributed by atoms with E-state index in [-0.39, 0.29) is 6.04 Å². The molecule has 0 spiro atoms.